The molecule has 20 heavy (non-hydrogen) atoms. The molecule has 0 aromatic carbocycles. The second-order valence-electron chi connectivity index (χ2n) is 5.50. The van der Waals surface area contributed by atoms with Crippen molar-refractivity contribution in [3.8, 4) is 5.88 Å². The fraction of sp³-hybridized carbons (Fsp3) is 0.667. The molecule has 1 saturated carbocycles. The quantitative estimate of drug-likeness (QED) is 0.916. The van der Waals surface area contributed by atoms with Gasteiger partial charge in [-0.3, -0.25) is 0 Å². The predicted molar refractivity (Wildman–Crippen MR) is 75.1 cm³/mol. The van der Waals surface area contributed by atoms with Gasteiger partial charge >= 0.3 is 5.97 Å². The van der Waals surface area contributed by atoms with Gasteiger partial charge in [-0.2, -0.15) is 5.10 Å². The lowest BCUT2D eigenvalue weighted by molar-refractivity contribution is 0.0649. The van der Waals surface area contributed by atoms with E-state index < -0.39 is 5.97 Å². The van der Waals surface area contributed by atoms with Crippen LogP contribution in [0.15, 0.2) is 0 Å². The zero-order valence-electron chi connectivity index (χ0n) is 12.3. The first-order chi connectivity index (χ1) is 9.54. The summed E-state index contributed by atoms with van der Waals surface area (Å²) in [5, 5.41) is 17.3. The molecule has 1 N–H and O–H groups in total. The van der Waals surface area contributed by atoms with Crippen molar-refractivity contribution in [2.75, 3.05) is 0 Å². The number of ether oxygens (including phenoxy) is 1. The Bertz CT molecular complexity index is 502. The SMILES string of the molecule is CCC1CCCCC1Oc1nnc(C)c(C)c1C(=O)O. The van der Waals surface area contributed by atoms with Gasteiger partial charge in [0, 0.05) is 0 Å². The molecule has 110 valence electrons. The number of hydrogen-bond donors (Lipinski definition) is 1. The van der Waals surface area contributed by atoms with E-state index >= 15 is 0 Å². The molecule has 0 radical (unpaired) electrons. The fourth-order valence-corrected chi connectivity index (χ4v) is 2.86. The van der Waals surface area contributed by atoms with Crippen molar-refractivity contribution < 1.29 is 14.6 Å². The molecule has 1 aromatic heterocycles. The van der Waals surface area contributed by atoms with Crippen LogP contribution in [-0.2, 0) is 0 Å². The summed E-state index contributed by atoms with van der Waals surface area (Å²) < 4.78 is 5.93. The van der Waals surface area contributed by atoms with Crippen LogP contribution in [0, 0.1) is 19.8 Å². The van der Waals surface area contributed by atoms with E-state index in [4.69, 9.17) is 4.74 Å². The number of rotatable bonds is 4. The van der Waals surface area contributed by atoms with E-state index in [0.29, 0.717) is 17.2 Å². The van der Waals surface area contributed by atoms with E-state index in [1.807, 2.05) is 0 Å². The Balaban J connectivity index is 2.28. The molecule has 1 aliphatic carbocycles. The van der Waals surface area contributed by atoms with Crippen molar-refractivity contribution in [1.29, 1.82) is 0 Å². The van der Waals surface area contributed by atoms with Crippen LogP contribution in [0.1, 0.15) is 60.6 Å². The smallest absolute Gasteiger partial charge is 0.341 e. The van der Waals surface area contributed by atoms with Crippen LogP contribution in [0.2, 0.25) is 0 Å². The van der Waals surface area contributed by atoms with Crippen molar-refractivity contribution in [3.05, 3.63) is 16.8 Å². The van der Waals surface area contributed by atoms with Gasteiger partial charge < -0.3 is 9.84 Å². The summed E-state index contributed by atoms with van der Waals surface area (Å²) in [5.74, 6) is -0.348. The monoisotopic (exact) mass is 278 g/mol. The van der Waals surface area contributed by atoms with Crippen LogP contribution in [0.4, 0.5) is 0 Å². The van der Waals surface area contributed by atoms with E-state index in [9.17, 15) is 9.90 Å². The number of hydrogen-bond acceptors (Lipinski definition) is 4. The maximum atomic E-state index is 11.4. The first-order valence-electron chi connectivity index (χ1n) is 7.28. The molecule has 0 bridgehead atoms. The second-order valence-corrected chi connectivity index (χ2v) is 5.50. The Morgan fingerprint density at radius 3 is 2.65 bits per heavy atom. The Hall–Kier alpha value is -1.65. The summed E-state index contributed by atoms with van der Waals surface area (Å²) >= 11 is 0. The topological polar surface area (TPSA) is 72.3 Å². The lowest BCUT2D eigenvalue weighted by Gasteiger charge is -2.31. The van der Waals surface area contributed by atoms with Gasteiger partial charge in [-0.15, -0.1) is 5.10 Å². The number of carbonyl (C=O) groups is 1. The Kier molecular flexibility index (Phi) is 4.57. The molecular formula is C15H22N2O3. The first-order valence-corrected chi connectivity index (χ1v) is 7.28. The summed E-state index contributed by atoms with van der Waals surface area (Å²) in [6, 6.07) is 0. The van der Waals surface area contributed by atoms with Crippen LogP contribution in [-0.4, -0.2) is 27.4 Å². The van der Waals surface area contributed by atoms with Crippen LogP contribution in [0.3, 0.4) is 0 Å². The lowest BCUT2D eigenvalue weighted by Crippen LogP contribution is -2.31. The van der Waals surface area contributed by atoms with Crippen molar-refractivity contribution >= 4 is 5.97 Å². The first kappa shape index (κ1) is 14.8. The maximum absolute atomic E-state index is 11.4. The van der Waals surface area contributed by atoms with Crippen molar-refractivity contribution in [2.45, 2.75) is 59.0 Å². The standard InChI is InChI=1S/C15H22N2O3/c1-4-11-7-5-6-8-12(11)20-14-13(15(18)19)9(2)10(3)16-17-14/h11-12H,4-8H2,1-3H3,(H,18,19). The second kappa shape index (κ2) is 6.20. The van der Waals surface area contributed by atoms with E-state index in [1.165, 1.54) is 6.42 Å². The molecule has 2 atom stereocenters. The third-order valence-electron chi connectivity index (χ3n) is 4.26. The van der Waals surface area contributed by atoms with E-state index in [1.54, 1.807) is 13.8 Å². The van der Waals surface area contributed by atoms with Crippen molar-refractivity contribution in [2.24, 2.45) is 5.92 Å². The number of aromatic carboxylic acids is 1. The zero-order valence-corrected chi connectivity index (χ0v) is 12.3. The van der Waals surface area contributed by atoms with Crippen LogP contribution >= 0.6 is 0 Å². The summed E-state index contributed by atoms with van der Waals surface area (Å²) in [4.78, 5) is 11.4. The highest BCUT2D eigenvalue weighted by Crippen LogP contribution is 2.31. The minimum Gasteiger partial charge on any atom is -0.477 e. The van der Waals surface area contributed by atoms with Gasteiger partial charge in [0.2, 0.25) is 5.88 Å². The average molecular weight is 278 g/mol. The number of carboxylic acids is 1. The number of nitrogens with zero attached hydrogens (tertiary/aromatic N) is 2. The van der Waals surface area contributed by atoms with Crippen LogP contribution in [0.25, 0.3) is 0 Å². The predicted octanol–water partition coefficient (Wildman–Crippen LogP) is 3.14. The van der Waals surface area contributed by atoms with Gasteiger partial charge in [0.05, 0.1) is 5.69 Å². The number of aryl methyl sites for hydroxylation is 1. The highest BCUT2D eigenvalue weighted by molar-refractivity contribution is 5.92. The molecule has 0 aliphatic heterocycles. The maximum Gasteiger partial charge on any atom is 0.341 e. The van der Waals surface area contributed by atoms with Gasteiger partial charge in [0.15, 0.2) is 0 Å². The Labute approximate surface area is 119 Å². The van der Waals surface area contributed by atoms with Crippen LogP contribution in [0.5, 0.6) is 5.88 Å². The normalized spacial score (nSPS) is 22.6. The Morgan fingerprint density at radius 1 is 1.30 bits per heavy atom. The Morgan fingerprint density at radius 2 is 2.00 bits per heavy atom. The number of carboxylic acid groups (broad SMARTS) is 1. The molecule has 2 rings (SSSR count). The van der Waals surface area contributed by atoms with Crippen LogP contribution < -0.4 is 4.74 Å². The van der Waals surface area contributed by atoms with Crippen molar-refractivity contribution in [1.82, 2.24) is 10.2 Å². The highest BCUT2D eigenvalue weighted by atomic mass is 16.5. The van der Waals surface area contributed by atoms with Gasteiger partial charge in [0.1, 0.15) is 11.7 Å². The molecule has 0 amide bonds. The minimum absolute atomic E-state index is 0.0586. The summed E-state index contributed by atoms with van der Waals surface area (Å²) in [6.07, 6.45) is 5.56. The third-order valence-corrected chi connectivity index (χ3v) is 4.26. The third kappa shape index (κ3) is 2.92. The van der Waals surface area contributed by atoms with Gasteiger partial charge in [-0.25, -0.2) is 4.79 Å². The molecule has 1 fully saturated rings. The fourth-order valence-electron chi connectivity index (χ4n) is 2.86. The molecule has 5 nitrogen and oxygen atoms in total. The summed E-state index contributed by atoms with van der Waals surface area (Å²) in [6.45, 7) is 5.66. The molecule has 1 heterocycles. The molecule has 5 heteroatoms. The van der Waals surface area contributed by atoms with E-state index in [-0.39, 0.29) is 17.5 Å². The summed E-state index contributed by atoms with van der Waals surface area (Å²) in [5.41, 5.74) is 1.41. The molecule has 2 unspecified atom stereocenters. The molecule has 1 aromatic rings. The molecule has 0 saturated heterocycles. The molecule has 1 aliphatic rings. The lowest BCUT2D eigenvalue weighted by atomic mass is 9.85. The largest absolute Gasteiger partial charge is 0.477 e. The average Bonchev–Trinajstić information content (AvgIpc) is 2.43. The van der Waals surface area contributed by atoms with Gasteiger partial charge in [-0.05, 0) is 51.0 Å². The molecule has 0 spiro atoms. The van der Waals surface area contributed by atoms with Gasteiger partial charge in [-0.1, -0.05) is 13.3 Å². The van der Waals surface area contributed by atoms with E-state index in [0.717, 1.165) is 25.7 Å². The minimum atomic E-state index is -1.00. The van der Waals surface area contributed by atoms with Crippen molar-refractivity contribution in [3.63, 3.8) is 0 Å². The summed E-state index contributed by atoms with van der Waals surface area (Å²) in [7, 11) is 0. The molecular weight excluding hydrogens is 256 g/mol. The van der Waals surface area contributed by atoms with E-state index in [2.05, 4.69) is 17.1 Å². The highest BCUT2D eigenvalue weighted by Gasteiger charge is 2.28. The van der Waals surface area contributed by atoms with Gasteiger partial charge in [0.25, 0.3) is 0 Å². The zero-order chi connectivity index (χ0) is 14.7. The number of aromatic nitrogens is 2.